The van der Waals surface area contributed by atoms with Gasteiger partial charge in [0.25, 0.3) is 5.91 Å². The number of likely N-dealkylation sites (tertiary alicyclic amines) is 1. The van der Waals surface area contributed by atoms with Crippen LogP contribution in [0.1, 0.15) is 29.6 Å². The summed E-state index contributed by atoms with van der Waals surface area (Å²) in [4.78, 5) is 24.6. The molecule has 8 heteroatoms. The van der Waals surface area contributed by atoms with Crippen molar-refractivity contribution in [3.05, 3.63) is 35.1 Å². The number of halogens is 3. The summed E-state index contributed by atoms with van der Waals surface area (Å²) in [7, 11) is 0. The number of amides is 3. The number of primary amides is 1. The van der Waals surface area contributed by atoms with Gasteiger partial charge in [0, 0.05) is 24.7 Å². The molecule has 5 nitrogen and oxygen atoms in total. The molecule has 1 aromatic carbocycles. The van der Waals surface area contributed by atoms with Crippen LogP contribution < -0.4 is 11.1 Å². The van der Waals surface area contributed by atoms with E-state index in [4.69, 9.17) is 5.73 Å². The van der Waals surface area contributed by atoms with E-state index in [-0.39, 0.29) is 18.2 Å². The normalized spacial score (nSPS) is 18.1. The van der Waals surface area contributed by atoms with Crippen molar-refractivity contribution >= 4 is 11.9 Å². The summed E-state index contributed by atoms with van der Waals surface area (Å²) in [6, 6.07) is 0.323. The first-order valence-electron chi connectivity index (χ1n) is 6.89. The zero-order valence-corrected chi connectivity index (χ0v) is 11.7. The Bertz CT molecular complexity index is 572. The summed E-state index contributed by atoms with van der Waals surface area (Å²) in [6.45, 7) is 0.553. The SMILES string of the molecule is NC(=O)NC[C@@H]1CCCCN1C(=O)c1cc(F)c(F)c(F)c1. The van der Waals surface area contributed by atoms with Gasteiger partial charge >= 0.3 is 6.03 Å². The number of nitrogens with two attached hydrogens (primary N) is 1. The number of carbonyl (C=O) groups is 2. The zero-order valence-electron chi connectivity index (χ0n) is 11.7. The number of nitrogens with one attached hydrogen (secondary N) is 1. The number of piperidine rings is 1. The minimum Gasteiger partial charge on any atom is -0.352 e. The Balaban J connectivity index is 2.20. The molecule has 120 valence electrons. The number of benzene rings is 1. The van der Waals surface area contributed by atoms with Gasteiger partial charge in [-0.1, -0.05) is 0 Å². The predicted molar refractivity (Wildman–Crippen MR) is 72.6 cm³/mol. The molecule has 1 saturated heterocycles. The van der Waals surface area contributed by atoms with Crippen LogP contribution in [0.2, 0.25) is 0 Å². The van der Waals surface area contributed by atoms with E-state index >= 15 is 0 Å². The number of carbonyl (C=O) groups excluding carboxylic acids is 2. The lowest BCUT2D eigenvalue weighted by atomic mass is 10.0. The van der Waals surface area contributed by atoms with Crippen LogP contribution >= 0.6 is 0 Å². The smallest absolute Gasteiger partial charge is 0.312 e. The molecule has 1 heterocycles. The third-order valence-electron chi connectivity index (χ3n) is 3.63. The lowest BCUT2D eigenvalue weighted by Gasteiger charge is -2.35. The minimum atomic E-state index is -1.61. The van der Waals surface area contributed by atoms with E-state index in [1.807, 2.05) is 0 Å². The van der Waals surface area contributed by atoms with Gasteiger partial charge in [-0.25, -0.2) is 18.0 Å². The average Bonchev–Trinajstić information content (AvgIpc) is 2.49. The number of hydrogen-bond acceptors (Lipinski definition) is 2. The summed E-state index contributed by atoms with van der Waals surface area (Å²) in [6.07, 6.45) is 2.24. The molecule has 0 saturated carbocycles. The largest absolute Gasteiger partial charge is 0.352 e. The van der Waals surface area contributed by atoms with Crippen molar-refractivity contribution in [1.82, 2.24) is 10.2 Å². The van der Waals surface area contributed by atoms with Crippen LogP contribution in [-0.2, 0) is 0 Å². The molecule has 1 aromatic rings. The standard InChI is InChI=1S/C14H16F3N3O2/c15-10-5-8(6-11(16)12(10)17)13(21)20-4-2-1-3-9(20)7-19-14(18)22/h5-6,9H,1-4,7H2,(H3,18,19,22)/t9-/m0/s1. The molecule has 1 aliphatic heterocycles. The predicted octanol–water partition coefficient (Wildman–Crippen LogP) is 1.77. The van der Waals surface area contributed by atoms with Crippen molar-refractivity contribution < 1.29 is 22.8 Å². The first kappa shape index (κ1) is 16.1. The van der Waals surface area contributed by atoms with Crippen molar-refractivity contribution in [3.63, 3.8) is 0 Å². The molecule has 0 aliphatic carbocycles. The van der Waals surface area contributed by atoms with Crippen LogP contribution in [0.3, 0.4) is 0 Å². The molecule has 3 amide bonds. The molecular weight excluding hydrogens is 299 g/mol. The van der Waals surface area contributed by atoms with Crippen LogP contribution in [-0.4, -0.2) is 36.0 Å². The van der Waals surface area contributed by atoms with E-state index in [0.717, 1.165) is 12.8 Å². The molecule has 1 fully saturated rings. The van der Waals surface area contributed by atoms with Gasteiger partial charge < -0.3 is 16.0 Å². The van der Waals surface area contributed by atoms with Crippen LogP contribution in [0.5, 0.6) is 0 Å². The van der Waals surface area contributed by atoms with Crippen molar-refractivity contribution in [2.45, 2.75) is 25.3 Å². The second-order valence-electron chi connectivity index (χ2n) is 5.15. The Morgan fingerprint density at radius 2 is 1.86 bits per heavy atom. The van der Waals surface area contributed by atoms with Crippen LogP contribution in [0.4, 0.5) is 18.0 Å². The third kappa shape index (κ3) is 3.49. The highest BCUT2D eigenvalue weighted by molar-refractivity contribution is 5.94. The molecule has 1 aliphatic rings. The van der Waals surface area contributed by atoms with Gasteiger partial charge in [0.15, 0.2) is 17.5 Å². The minimum absolute atomic E-state index is 0.160. The van der Waals surface area contributed by atoms with E-state index < -0.39 is 29.4 Å². The lowest BCUT2D eigenvalue weighted by Crippen LogP contribution is -2.50. The second kappa shape index (κ2) is 6.67. The maximum Gasteiger partial charge on any atom is 0.312 e. The Hall–Kier alpha value is -2.25. The van der Waals surface area contributed by atoms with Crippen molar-refractivity contribution in [1.29, 1.82) is 0 Å². The Morgan fingerprint density at radius 1 is 1.23 bits per heavy atom. The lowest BCUT2D eigenvalue weighted by molar-refractivity contribution is 0.0614. The van der Waals surface area contributed by atoms with Crippen molar-refractivity contribution in [3.8, 4) is 0 Å². The van der Waals surface area contributed by atoms with E-state index in [1.165, 1.54) is 4.90 Å². The highest BCUT2D eigenvalue weighted by Gasteiger charge is 2.28. The van der Waals surface area contributed by atoms with Gasteiger partial charge in [0.1, 0.15) is 0 Å². The van der Waals surface area contributed by atoms with Gasteiger partial charge in [-0.15, -0.1) is 0 Å². The quantitative estimate of drug-likeness (QED) is 0.834. The summed E-state index contributed by atoms with van der Waals surface area (Å²) in [5.41, 5.74) is 4.74. The van der Waals surface area contributed by atoms with Gasteiger partial charge in [-0.05, 0) is 31.4 Å². The van der Waals surface area contributed by atoms with Crippen molar-refractivity contribution in [2.75, 3.05) is 13.1 Å². The number of nitrogens with zero attached hydrogens (tertiary/aromatic N) is 1. The van der Waals surface area contributed by atoms with E-state index in [1.54, 1.807) is 0 Å². The van der Waals surface area contributed by atoms with Gasteiger partial charge in [0.05, 0.1) is 0 Å². The van der Waals surface area contributed by atoms with Crippen LogP contribution in [0.15, 0.2) is 12.1 Å². The number of urea groups is 1. The number of hydrogen-bond donors (Lipinski definition) is 2. The van der Waals surface area contributed by atoms with Gasteiger partial charge in [-0.3, -0.25) is 4.79 Å². The monoisotopic (exact) mass is 315 g/mol. The molecule has 0 unspecified atom stereocenters. The fraction of sp³-hybridized carbons (Fsp3) is 0.429. The molecule has 1 atom stereocenters. The van der Waals surface area contributed by atoms with Crippen LogP contribution in [0.25, 0.3) is 0 Å². The average molecular weight is 315 g/mol. The summed E-state index contributed by atoms with van der Waals surface area (Å²) >= 11 is 0. The van der Waals surface area contributed by atoms with E-state index in [2.05, 4.69) is 5.32 Å². The first-order chi connectivity index (χ1) is 10.4. The Labute approximate surface area is 125 Å². The fourth-order valence-corrected chi connectivity index (χ4v) is 2.54. The van der Waals surface area contributed by atoms with Gasteiger partial charge in [0.2, 0.25) is 0 Å². The Kier molecular flexibility index (Phi) is 4.89. The molecular formula is C14H16F3N3O2. The number of rotatable bonds is 3. The first-order valence-corrected chi connectivity index (χ1v) is 6.89. The topological polar surface area (TPSA) is 75.4 Å². The molecule has 0 spiro atoms. The summed E-state index contributed by atoms with van der Waals surface area (Å²) < 4.78 is 39.5. The molecule has 0 bridgehead atoms. The second-order valence-corrected chi connectivity index (χ2v) is 5.15. The fourth-order valence-electron chi connectivity index (χ4n) is 2.54. The third-order valence-corrected chi connectivity index (χ3v) is 3.63. The highest BCUT2D eigenvalue weighted by Crippen LogP contribution is 2.21. The molecule has 2 rings (SSSR count). The Morgan fingerprint density at radius 3 is 2.45 bits per heavy atom. The van der Waals surface area contributed by atoms with E-state index in [0.29, 0.717) is 25.1 Å². The zero-order chi connectivity index (χ0) is 16.3. The molecule has 0 radical (unpaired) electrons. The highest BCUT2D eigenvalue weighted by atomic mass is 19.2. The van der Waals surface area contributed by atoms with E-state index in [9.17, 15) is 22.8 Å². The maximum atomic E-state index is 13.3. The summed E-state index contributed by atoms with van der Waals surface area (Å²) in [5.74, 6) is -5.03. The van der Waals surface area contributed by atoms with Crippen LogP contribution in [0, 0.1) is 17.5 Å². The van der Waals surface area contributed by atoms with Crippen molar-refractivity contribution in [2.24, 2.45) is 5.73 Å². The van der Waals surface area contributed by atoms with Gasteiger partial charge in [-0.2, -0.15) is 0 Å². The summed E-state index contributed by atoms with van der Waals surface area (Å²) in [5, 5.41) is 2.42. The molecule has 3 N–H and O–H groups in total. The molecule has 0 aromatic heterocycles. The molecule has 22 heavy (non-hydrogen) atoms. The maximum absolute atomic E-state index is 13.3.